The molecule has 3 amide bonds. The first-order chi connectivity index (χ1) is 12.5. The molecule has 146 valence electrons. The van der Waals surface area contributed by atoms with Gasteiger partial charge >= 0.3 is 6.09 Å². The van der Waals surface area contributed by atoms with E-state index in [1.165, 1.54) is 12.1 Å². The quantitative estimate of drug-likeness (QED) is 0.602. The molecule has 2 N–H and O–H groups in total. The number of hydrogen-bond donors (Lipinski definition) is 2. The minimum absolute atomic E-state index is 0.0581. The summed E-state index contributed by atoms with van der Waals surface area (Å²) in [5.41, 5.74) is -1.01. The van der Waals surface area contributed by atoms with Gasteiger partial charge in [-0.15, -0.1) is 0 Å². The number of carbonyl (C=O) groups is 3. The summed E-state index contributed by atoms with van der Waals surface area (Å²) in [7, 11) is 0. The zero-order valence-corrected chi connectivity index (χ0v) is 16.3. The molecule has 0 atom stereocenters. The lowest BCUT2D eigenvalue weighted by molar-refractivity contribution is -0.130. The van der Waals surface area contributed by atoms with E-state index < -0.39 is 40.7 Å². The number of rotatable bonds is 3. The van der Waals surface area contributed by atoms with E-state index in [0.29, 0.717) is 10.5 Å². The largest absolute Gasteiger partial charge is 0.511 e. The van der Waals surface area contributed by atoms with Gasteiger partial charge in [-0.1, -0.05) is 6.07 Å². The maximum absolute atomic E-state index is 13.6. The van der Waals surface area contributed by atoms with Crippen molar-refractivity contribution in [2.45, 2.75) is 44.6 Å². The second-order valence-corrected chi connectivity index (χ2v) is 7.75. The summed E-state index contributed by atoms with van der Waals surface area (Å²) in [6.07, 6.45) is -0.948. The SMILES string of the molecule is Cc1c(F)cccc1SNC(=O)C1=C(O)CCN(C(=O)OC(C)(C)C)C1=O. The van der Waals surface area contributed by atoms with Crippen LogP contribution in [0.2, 0.25) is 0 Å². The molecule has 2 rings (SSSR count). The van der Waals surface area contributed by atoms with Crippen molar-refractivity contribution in [2.75, 3.05) is 6.54 Å². The van der Waals surface area contributed by atoms with Crippen molar-refractivity contribution in [2.24, 2.45) is 0 Å². The molecule has 9 heteroatoms. The highest BCUT2D eigenvalue weighted by Gasteiger charge is 2.37. The minimum Gasteiger partial charge on any atom is -0.511 e. The van der Waals surface area contributed by atoms with Crippen LogP contribution in [-0.4, -0.2) is 40.1 Å². The summed E-state index contributed by atoms with van der Waals surface area (Å²) in [4.78, 5) is 38.3. The van der Waals surface area contributed by atoms with Crippen LogP contribution >= 0.6 is 11.9 Å². The molecule has 0 fully saturated rings. The molecule has 0 spiro atoms. The van der Waals surface area contributed by atoms with E-state index in [4.69, 9.17) is 4.74 Å². The number of nitrogens with one attached hydrogen (secondary N) is 1. The molecule has 0 aliphatic carbocycles. The fourth-order valence-corrected chi connectivity index (χ4v) is 2.97. The molecule has 7 nitrogen and oxygen atoms in total. The van der Waals surface area contributed by atoms with Gasteiger partial charge < -0.3 is 9.84 Å². The molecule has 1 heterocycles. The number of aliphatic hydroxyl groups excluding tert-OH is 1. The normalized spacial score (nSPS) is 15.0. The van der Waals surface area contributed by atoms with Gasteiger partial charge in [0.1, 0.15) is 22.8 Å². The van der Waals surface area contributed by atoms with Crippen molar-refractivity contribution in [3.8, 4) is 0 Å². The Bertz CT molecular complexity index is 816. The molecule has 1 aliphatic heterocycles. The number of benzene rings is 1. The minimum atomic E-state index is -0.943. The first-order valence-electron chi connectivity index (χ1n) is 8.20. The van der Waals surface area contributed by atoms with Crippen LogP contribution < -0.4 is 4.72 Å². The predicted molar refractivity (Wildman–Crippen MR) is 97.4 cm³/mol. The molecule has 1 aromatic carbocycles. The van der Waals surface area contributed by atoms with E-state index in [1.54, 1.807) is 33.8 Å². The first kappa shape index (κ1) is 20.8. The van der Waals surface area contributed by atoms with E-state index in [0.717, 1.165) is 16.8 Å². The van der Waals surface area contributed by atoms with Crippen LogP contribution in [0.15, 0.2) is 34.4 Å². The zero-order chi connectivity index (χ0) is 20.4. The van der Waals surface area contributed by atoms with Gasteiger partial charge in [0.2, 0.25) is 0 Å². The third-order valence-electron chi connectivity index (χ3n) is 3.63. The van der Waals surface area contributed by atoms with Crippen molar-refractivity contribution < 1.29 is 28.6 Å². The highest BCUT2D eigenvalue weighted by atomic mass is 32.2. The van der Waals surface area contributed by atoms with Crippen LogP contribution in [0, 0.1) is 12.7 Å². The van der Waals surface area contributed by atoms with E-state index in [9.17, 15) is 23.9 Å². The van der Waals surface area contributed by atoms with Crippen LogP contribution in [0.25, 0.3) is 0 Å². The molecule has 0 aromatic heterocycles. The summed E-state index contributed by atoms with van der Waals surface area (Å²) in [5, 5.41) is 9.99. The smallest absolute Gasteiger partial charge is 0.417 e. The van der Waals surface area contributed by atoms with E-state index in [-0.39, 0.29) is 13.0 Å². The predicted octanol–water partition coefficient (Wildman–Crippen LogP) is 3.24. The maximum atomic E-state index is 13.6. The maximum Gasteiger partial charge on any atom is 0.417 e. The number of carbonyl (C=O) groups excluding carboxylic acids is 3. The van der Waals surface area contributed by atoms with Gasteiger partial charge in [0, 0.05) is 23.4 Å². The Morgan fingerprint density at radius 1 is 1.33 bits per heavy atom. The Morgan fingerprint density at radius 3 is 2.63 bits per heavy atom. The van der Waals surface area contributed by atoms with Gasteiger partial charge in [-0.05, 0) is 51.8 Å². The average Bonchev–Trinajstić information content (AvgIpc) is 2.54. The molecule has 0 saturated heterocycles. The van der Waals surface area contributed by atoms with E-state index in [1.807, 2.05) is 0 Å². The number of hydrogen-bond acceptors (Lipinski definition) is 6. The summed E-state index contributed by atoms with van der Waals surface area (Å²) in [5.74, 6) is -2.66. The number of nitrogens with zero attached hydrogens (tertiary/aromatic N) is 1. The van der Waals surface area contributed by atoms with Gasteiger partial charge in [0.25, 0.3) is 11.8 Å². The Balaban J connectivity index is 2.13. The molecule has 0 radical (unpaired) electrons. The van der Waals surface area contributed by atoms with Gasteiger partial charge in [-0.3, -0.25) is 14.3 Å². The molecule has 0 unspecified atom stereocenters. The van der Waals surface area contributed by atoms with Crippen LogP contribution in [0.5, 0.6) is 0 Å². The Kier molecular flexibility index (Phi) is 6.15. The topological polar surface area (TPSA) is 95.9 Å². The summed E-state index contributed by atoms with van der Waals surface area (Å²) in [6.45, 7) is 6.41. The van der Waals surface area contributed by atoms with Crippen molar-refractivity contribution in [3.63, 3.8) is 0 Å². The molecule has 0 saturated carbocycles. The highest BCUT2D eigenvalue weighted by Crippen LogP contribution is 2.24. The summed E-state index contributed by atoms with van der Waals surface area (Å²) < 4.78 is 21.1. The standard InChI is InChI=1S/C18H21FN2O5S/c1-10-11(19)6-5-7-13(10)27-20-15(23)14-12(22)8-9-21(16(14)24)17(25)26-18(2,3)4/h5-7,22H,8-9H2,1-4H3,(H,20,23). The van der Waals surface area contributed by atoms with Crippen LogP contribution in [-0.2, 0) is 14.3 Å². The average molecular weight is 396 g/mol. The summed E-state index contributed by atoms with van der Waals surface area (Å²) in [6, 6.07) is 4.38. The van der Waals surface area contributed by atoms with Crippen molar-refractivity contribution in [1.82, 2.24) is 9.62 Å². The number of aliphatic hydroxyl groups is 1. The van der Waals surface area contributed by atoms with Crippen LogP contribution in [0.4, 0.5) is 9.18 Å². The van der Waals surface area contributed by atoms with Gasteiger partial charge in [0.05, 0.1) is 0 Å². The van der Waals surface area contributed by atoms with Gasteiger partial charge in [-0.25, -0.2) is 14.1 Å². The molecule has 0 bridgehead atoms. The highest BCUT2D eigenvalue weighted by molar-refractivity contribution is 7.98. The molecular weight excluding hydrogens is 375 g/mol. The molecule has 1 aromatic rings. The number of imide groups is 1. The Morgan fingerprint density at radius 2 is 2.00 bits per heavy atom. The monoisotopic (exact) mass is 396 g/mol. The van der Waals surface area contributed by atoms with Crippen molar-refractivity contribution >= 4 is 29.9 Å². The van der Waals surface area contributed by atoms with E-state index >= 15 is 0 Å². The number of ether oxygens (including phenoxy) is 1. The fourth-order valence-electron chi connectivity index (χ4n) is 2.27. The Labute approximate surface area is 160 Å². The number of amides is 3. The third-order valence-corrected chi connectivity index (χ3v) is 4.58. The molecule has 27 heavy (non-hydrogen) atoms. The molecular formula is C18H21FN2O5S. The van der Waals surface area contributed by atoms with Crippen molar-refractivity contribution in [1.29, 1.82) is 0 Å². The third kappa shape index (κ3) is 5.00. The van der Waals surface area contributed by atoms with Gasteiger partial charge in [0.15, 0.2) is 0 Å². The lowest BCUT2D eigenvalue weighted by Gasteiger charge is -2.29. The Hall–Kier alpha value is -2.55. The van der Waals surface area contributed by atoms with Crippen LogP contribution in [0.1, 0.15) is 32.8 Å². The second-order valence-electron chi connectivity index (χ2n) is 6.91. The lowest BCUT2D eigenvalue weighted by atomic mass is 10.1. The molecule has 1 aliphatic rings. The van der Waals surface area contributed by atoms with Crippen molar-refractivity contribution in [3.05, 3.63) is 40.9 Å². The zero-order valence-electron chi connectivity index (χ0n) is 15.5. The second kappa shape index (κ2) is 7.99. The van der Waals surface area contributed by atoms with E-state index in [2.05, 4.69) is 4.72 Å². The first-order valence-corrected chi connectivity index (χ1v) is 9.02. The lowest BCUT2D eigenvalue weighted by Crippen LogP contribution is -2.47. The van der Waals surface area contributed by atoms with Crippen LogP contribution in [0.3, 0.4) is 0 Å². The summed E-state index contributed by atoms with van der Waals surface area (Å²) >= 11 is 0.815. The number of halogens is 1. The van der Waals surface area contributed by atoms with Gasteiger partial charge in [-0.2, -0.15) is 0 Å². The fraction of sp³-hybridized carbons (Fsp3) is 0.389.